The molecule has 0 saturated heterocycles. The Balaban J connectivity index is 1.75. The summed E-state index contributed by atoms with van der Waals surface area (Å²) in [7, 11) is -3.92. The minimum atomic E-state index is -3.92. The molecule has 3 aromatic carbocycles. The smallest absolute Gasteiger partial charge is 0.229 e. The second-order valence-electron chi connectivity index (χ2n) is 7.51. The second-order valence-corrected chi connectivity index (χ2v) is 9.81. The number of aryl methyl sites for hydroxylation is 2. The molecule has 9 heteroatoms. The molecular weight excluding hydrogens is 446 g/mol. The lowest BCUT2D eigenvalue weighted by atomic mass is 10.2. The van der Waals surface area contributed by atoms with E-state index in [9.17, 15) is 8.42 Å². The van der Waals surface area contributed by atoms with Gasteiger partial charge in [-0.05, 0) is 55.8 Å². The van der Waals surface area contributed by atoms with E-state index in [1.807, 2.05) is 50.2 Å². The highest BCUT2D eigenvalue weighted by Crippen LogP contribution is 2.31. The second kappa shape index (κ2) is 7.58. The van der Waals surface area contributed by atoms with Crippen molar-refractivity contribution in [3.8, 4) is 0 Å². The number of para-hydroxylation sites is 1. The van der Waals surface area contributed by atoms with Gasteiger partial charge in [-0.1, -0.05) is 52.7 Å². The topological polar surface area (TPSA) is 89.2 Å². The number of halogens is 1. The van der Waals surface area contributed by atoms with Crippen LogP contribution in [-0.2, 0) is 9.84 Å². The highest BCUT2D eigenvalue weighted by Gasteiger charge is 2.27. The maximum atomic E-state index is 13.3. The third kappa shape index (κ3) is 3.37. The molecular formula is C23H18ClN5O2S. The lowest BCUT2D eigenvalue weighted by Crippen LogP contribution is -2.06. The molecule has 7 nitrogen and oxygen atoms in total. The van der Waals surface area contributed by atoms with Crippen molar-refractivity contribution >= 4 is 49.5 Å². The van der Waals surface area contributed by atoms with Gasteiger partial charge in [0.05, 0.1) is 10.4 Å². The standard InChI is InChI=1S/C23H18ClN5O2S/c1-14-7-11-17(12-8-14)32(30,31)23-22-26-21(25-19-13-16(24)10-9-15(19)2)18-5-3-4-6-20(18)29(22)28-27-23/h3-13H,1-2H3,(H,25,26). The van der Waals surface area contributed by atoms with Crippen molar-refractivity contribution in [1.82, 2.24) is 19.8 Å². The first-order valence-corrected chi connectivity index (χ1v) is 11.7. The Labute approximate surface area is 189 Å². The van der Waals surface area contributed by atoms with Crippen molar-refractivity contribution in [3.05, 3.63) is 82.9 Å². The van der Waals surface area contributed by atoms with Gasteiger partial charge in [0.2, 0.25) is 14.9 Å². The fraction of sp³-hybridized carbons (Fsp3) is 0.0870. The van der Waals surface area contributed by atoms with Gasteiger partial charge in [0.25, 0.3) is 0 Å². The van der Waals surface area contributed by atoms with E-state index < -0.39 is 9.84 Å². The molecule has 5 rings (SSSR count). The van der Waals surface area contributed by atoms with Crippen molar-refractivity contribution in [2.45, 2.75) is 23.8 Å². The van der Waals surface area contributed by atoms with Crippen molar-refractivity contribution < 1.29 is 8.42 Å². The first-order valence-electron chi connectivity index (χ1n) is 9.84. The number of hydrogen-bond acceptors (Lipinski definition) is 6. The monoisotopic (exact) mass is 463 g/mol. The summed E-state index contributed by atoms with van der Waals surface area (Å²) in [6.07, 6.45) is 0. The molecule has 0 bridgehead atoms. The van der Waals surface area contributed by atoms with E-state index in [0.29, 0.717) is 16.4 Å². The summed E-state index contributed by atoms with van der Waals surface area (Å²) in [5.74, 6) is 0.487. The fourth-order valence-electron chi connectivity index (χ4n) is 3.50. The predicted molar refractivity (Wildman–Crippen MR) is 124 cm³/mol. The molecule has 0 aliphatic carbocycles. The van der Waals surface area contributed by atoms with Crippen LogP contribution in [0.4, 0.5) is 11.5 Å². The molecule has 0 saturated carbocycles. The number of benzene rings is 3. The molecule has 5 aromatic rings. The van der Waals surface area contributed by atoms with Crippen molar-refractivity contribution in [2.75, 3.05) is 5.32 Å². The third-order valence-electron chi connectivity index (χ3n) is 5.26. The van der Waals surface area contributed by atoms with Crippen molar-refractivity contribution in [1.29, 1.82) is 0 Å². The number of sulfone groups is 1. The molecule has 1 N–H and O–H groups in total. The van der Waals surface area contributed by atoms with Gasteiger partial charge < -0.3 is 5.32 Å². The van der Waals surface area contributed by atoms with Gasteiger partial charge in [0.1, 0.15) is 5.82 Å². The number of rotatable bonds is 4. The maximum Gasteiger partial charge on any atom is 0.229 e. The Hall–Kier alpha value is -3.49. The third-order valence-corrected chi connectivity index (χ3v) is 7.16. The van der Waals surface area contributed by atoms with E-state index >= 15 is 0 Å². The Bertz CT molecular complexity index is 1590. The van der Waals surface area contributed by atoms with E-state index in [4.69, 9.17) is 11.6 Å². The van der Waals surface area contributed by atoms with Crippen LogP contribution in [0.3, 0.4) is 0 Å². The predicted octanol–water partition coefficient (Wildman–Crippen LogP) is 5.12. The Kier molecular flexibility index (Phi) is 4.83. The minimum Gasteiger partial charge on any atom is -0.339 e. The van der Waals surface area contributed by atoms with Gasteiger partial charge in [-0.3, -0.25) is 0 Å². The van der Waals surface area contributed by atoms with Gasteiger partial charge in [0.15, 0.2) is 5.65 Å². The van der Waals surface area contributed by atoms with Crippen LogP contribution >= 0.6 is 11.6 Å². The zero-order chi connectivity index (χ0) is 22.5. The number of anilines is 2. The van der Waals surface area contributed by atoms with Crippen LogP contribution in [0, 0.1) is 13.8 Å². The molecule has 160 valence electrons. The fourth-order valence-corrected chi connectivity index (χ4v) is 4.91. The van der Waals surface area contributed by atoms with Gasteiger partial charge >= 0.3 is 0 Å². The molecule has 0 radical (unpaired) electrons. The minimum absolute atomic E-state index is 0.139. The lowest BCUT2D eigenvalue weighted by Gasteiger charge is -2.12. The maximum absolute atomic E-state index is 13.3. The summed E-state index contributed by atoms with van der Waals surface area (Å²) in [4.78, 5) is 4.78. The van der Waals surface area contributed by atoms with E-state index in [1.165, 1.54) is 4.52 Å². The van der Waals surface area contributed by atoms with Crippen molar-refractivity contribution in [3.63, 3.8) is 0 Å². The number of aromatic nitrogens is 4. The molecule has 0 amide bonds. The van der Waals surface area contributed by atoms with Crippen LogP contribution < -0.4 is 5.32 Å². The van der Waals surface area contributed by atoms with Crippen LogP contribution in [0.2, 0.25) is 5.02 Å². The first kappa shape index (κ1) is 20.4. The van der Waals surface area contributed by atoms with Gasteiger partial charge in [-0.25, -0.2) is 13.4 Å². The number of hydrogen-bond donors (Lipinski definition) is 1. The summed E-state index contributed by atoms with van der Waals surface area (Å²) >= 11 is 6.18. The number of nitrogens with zero attached hydrogens (tertiary/aromatic N) is 4. The Morgan fingerprint density at radius 2 is 1.72 bits per heavy atom. The van der Waals surface area contributed by atoms with Gasteiger partial charge in [-0.2, -0.15) is 4.52 Å². The van der Waals surface area contributed by atoms with E-state index in [0.717, 1.165) is 22.2 Å². The van der Waals surface area contributed by atoms with Gasteiger partial charge in [-0.15, -0.1) is 5.10 Å². The first-order chi connectivity index (χ1) is 15.3. The van der Waals surface area contributed by atoms with Gasteiger partial charge in [0, 0.05) is 16.1 Å². The highest BCUT2D eigenvalue weighted by atomic mass is 35.5. The van der Waals surface area contributed by atoms with Crippen LogP contribution in [0.1, 0.15) is 11.1 Å². The summed E-state index contributed by atoms with van der Waals surface area (Å²) in [5.41, 5.74) is 3.53. The average molecular weight is 464 g/mol. The van der Waals surface area contributed by atoms with Crippen LogP contribution in [-0.4, -0.2) is 28.2 Å². The molecule has 0 aliphatic rings. The normalized spacial score (nSPS) is 11.8. The molecule has 0 unspecified atom stereocenters. The molecule has 0 spiro atoms. The zero-order valence-electron chi connectivity index (χ0n) is 17.2. The summed E-state index contributed by atoms with van der Waals surface area (Å²) in [6.45, 7) is 3.85. The number of fused-ring (bicyclic) bond motifs is 3. The molecule has 0 atom stereocenters. The van der Waals surface area contributed by atoms with Crippen molar-refractivity contribution in [2.24, 2.45) is 0 Å². The summed E-state index contributed by atoms with van der Waals surface area (Å²) in [6, 6.07) is 19.6. The quantitative estimate of drug-likeness (QED) is 0.397. The molecule has 0 aliphatic heterocycles. The summed E-state index contributed by atoms with van der Waals surface area (Å²) < 4.78 is 28.1. The SMILES string of the molecule is Cc1ccc(S(=O)(=O)c2nnn3c2nc(Nc2cc(Cl)ccc2C)c2ccccc23)cc1. The molecule has 0 fully saturated rings. The van der Waals surface area contributed by atoms with Crippen LogP contribution in [0.15, 0.2) is 76.7 Å². The molecule has 2 aromatic heterocycles. The Morgan fingerprint density at radius 1 is 0.969 bits per heavy atom. The average Bonchev–Trinajstić information content (AvgIpc) is 3.22. The molecule has 2 heterocycles. The zero-order valence-corrected chi connectivity index (χ0v) is 18.8. The Morgan fingerprint density at radius 3 is 2.50 bits per heavy atom. The highest BCUT2D eigenvalue weighted by molar-refractivity contribution is 7.91. The van der Waals surface area contributed by atoms with E-state index in [2.05, 4.69) is 20.6 Å². The largest absolute Gasteiger partial charge is 0.339 e. The van der Waals surface area contributed by atoms with E-state index in [1.54, 1.807) is 30.3 Å². The molecule has 32 heavy (non-hydrogen) atoms. The van der Waals surface area contributed by atoms with Crippen LogP contribution in [0.5, 0.6) is 0 Å². The summed E-state index contributed by atoms with van der Waals surface area (Å²) in [5, 5.41) is 12.6. The van der Waals surface area contributed by atoms with Crippen LogP contribution in [0.25, 0.3) is 16.6 Å². The number of nitrogens with one attached hydrogen (secondary N) is 1. The lowest BCUT2D eigenvalue weighted by molar-refractivity contribution is 0.592. The van der Waals surface area contributed by atoms with E-state index in [-0.39, 0.29) is 15.6 Å².